The van der Waals surface area contributed by atoms with E-state index in [1.54, 1.807) is 19.1 Å². The molecule has 0 aromatic heterocycles. The van der Waals surface area contributed by atoms with Crippen LogP contribution < -0.4 is 25.6 Å². The maximum atomic E-state index is 12.5. The Hall–Kier alpha value is -4.07. The highest BCUT2D eigenvalue weighted by atomic mass is 16.5. The molecule has 34 heavy (non-hydrogen) atoms. The number of carbonyl (C=O) groups excluding carboxylic acids is 3. The molecule has 0 heterocycles. The van der Waals surface area contributed by atoms with Crippen LogP contribution in [-0.4, -0.2) is 37.0 Å². The number of fused-ring (bicyclic) bond motifs is 1. The zero-order chi connectivity index (χ0) is 24.7. The molecule has 8 heteroatoms. The van der Waals surface area contributed by atoms with Crippen LogP contribution in [0.15, 0.2) is 60.7 Å². The summed E-state index contributed by atoms with van der Waals surface area (Å²) in [5.74, 6) is -0.457. The quantitative estimate of drug-likeness (QED) is 0.445. The number of benzene rings is 3. The summed E-state index contributed by atoms with van der Waals surface area (Å²) in [6.07, 6.45) is 0.0841. The van der Waals surface area contributed by atoms with Gasteiger partial charge in [0.25, 0.3) is 11.8 Å². The topological polar surface area (TPSA) is 106 Å². The third-order valence-corrected chi connectivity index (χ3v) is 5.09. The minimum absolute atomic E-state index is 0.0508. The van der Waals surface area contributed by atoms with Crippen LogP contribution in [0.5, 0.6) is 11.5 Å². The molecule has 0 aliphatic heterocycles. The van der Waals surface area contributed by atoms with E-state index in [-0.39, 0.29) is 24.0 Å². The fraction of sp³-hybridized carbons (Fsp3) is 0.269. The van der Waals surface area contributed by atoms with Crippen molar-refractivity contribution >= 4 is 28.5 Å². The van der Waals surface area contributed by atoms with Crippen LogP contribution in [0.3, 0.4) is 0 Å². The molecule has 0 unspecified atom stereocenters. The van der Waals surface area contributed by atoms with E-state index in [1.807, 2.05) is 56.3 Å². The molecule has 0 bridgehead atoms. The summed E-state index contributed by atoms with van der Waals surface area (Å²) in [6, 6.07) is 17.4. The first-order valence-corrected chi connectivity index (χ1v) is 11.0. The van der Waals surface area contributed by atoms with E-state index in [0.717, 1.165) is 16.3 Å². The number of rotatable bonds is 8. The van der Waals surface area contributed by atoms with Crippen LogP contribution >= 0.6 is 0 Å². The van der Waals surface area contributed by atoms with Crippen LogP contribution in [0, 0.1) is 0 Å². The van der Waals surface area contributed by atoms with Gasteiger partial charge in [-0.15, -0.1) is 0 Å². The van der Waals surface area contributed by atoms with E-state index in [9.17, 15) is 14.4 Å². The van der Waals surface area contributed by atoms with Crippen molar-refractivity contribution in [1.82, 2.24) is 16.2 Å². The highest BCUT2D eigenvalue weighted by Gasteiger charge is 2.18. The molecule has 0 fully saturated rings. The monoisotopic (exact) mass is 463 g/mol. The van der Waals surface area contributed by atoms with Gasteiger partial charge in [-0.1, -0.05) is 42.5 Å². The summed E-state index contributed by atoms with van der Waals surface area (Å²) >= 11 is 0. The molecular formula is C26H29N3O5. The van der Waals surface area contributed by atoms with Crippen molar-refractivity contribution in [3.63, 3.8) is 0 Å². The van der Waals surface area contributed by atoms with Gasteiger partial charge in [-0.3, -0.25) is 25.2 Å². The van der Waals surface area contributed by atoms with Crippen LogP contribution in [0.4, 0.5) is 0 Å². The lowest BCUT2D eigenvalue weighted by molar-refractivity contribution is -0.128. The van der Waals surface area contributed by atoms with Gasteiger partial charge in [-0.2, -0.15) is 0 Å². The zero-order valence-electron chi connectivity index (χ0n) is 19.7. The number of carbonyl (C=O) groups is 3. The van der Waals surface area contributed by atoms with E-state index in [0.29, 0.717) is 11.5 Å². The zero-order valence-corrected chi connectivity index (χ0v) is 19.7. The third kappa shape index (κ3) is 6.25. The molecule has 3 amide bonds. The molecule has 8 nitrogen and oxygen atoms in total. The van der Waals surface area contributed by atoms with Gasteiger partial charge >= 0.3 is 0 Å². The van der Waals surface area contributed by atoms with E-state index in [2.05, 4.69) is 16.2 Å². The fourth-order valence-corrected chi connectivity index (χ4v) is 3.44. The normalized spacial score (nSPS) is 11.6. The molecule has 3 aromatic rings. The van der Waals surface area contributed by atoms with Crippen LogP contribution in [-0.2, 0) is 16.0 Å². The van der Waals surface area contributed by atoms with Gasteiger partial charge in [0.15, 0.2) is 11.5 Å². The van der Waals surface area contributed by atoms with E-state index >= 15 is 0 Å². The van der Waals surface area contributed by atoms with Gasteiger partial charge in [0.2, 0.25) is 5.91 Å². The summed E-state index contributed by atoms with van der Waals surface area (Å²) in [5.41, 5.74) is 5.84. The first-order valence-electron chi connectivity index (χ1n) is 11.0. The maximum Gasteiger partial charge on any atom is 0.269 e. The average Bonchev–Trinajstić information content (AvgIpc) is 2.82. The largest absolute Gasteiger partial charge is 0.493 e. The number of methoxy groups -OCH3 is 1. The van der Waals surface area contributed by atoms with Crippen LogP contribution in [0.25, 0.3) is 10.8 Å². The number of hydrogen-bond donors (Lipinski definition) is 3. The maximum absolute atomic E-state index is 12.5. The van der Waals surface area contributed by atoms with Crippen molar-refractivity contribution in [2.75, 3.05) is 7.11 Å². The highest BCUT2D eigenvalue weighted by molar-refractivity contribution is 5.97. The van der Waals surface area contributed by atoms with Crippen LogP contribution in [0.2, 0.25) is 0 Å². The Morgan fingerprint density at radius 3 is 2.35 bits per heavy atom. The summed E-state index contributed by atoms with van der Waals surface area (Å²) in [5, 5.41) is 4.70. The second-order valence-corrected chi connectivity index (χ2v) is 8.08. The Bertz CT molecular complexity index is 1190. The summed E-state index contributed by atoms with van der Waals surface area (Å²) in [7, 11) is 1.48. The molecule has 0 saturated heterocycles. The first-order chi connectivity index (χ1) is 16.3. The first kappa shape index (κ1) is 24.6. The molecule has 0 saturated carbocycles. The van der Waals surface area contributed by atoms with Crippen molar-refractivity contribution in [3.8, 4) is 11.5 Å². The molecule has 0 aliphatic carbocycles. The lowest BCUT2D eigenvalue weighted by Crippen LogP contribution is -2.51. The highest BCUT2D eigenvalue weighted by Crippen LogP contribution is 2.28. The van der Waals surface area contributed by atoms with Crippen molar-refractivity contribution in [2.24, 2.45) is 0 Å². The van der Waals surface area contributed by atoms with Gasteiger partial charge in [0.05, 0.1) is 19.6 Å². The lowest BCUT2D eigenvalue weighted by atomic mass is 10.0. The summed E-state index contributed by atoms with van der Waals surface area (Å²) in [4.78, 5) is 37.3. The van der Waals surface area contributed by atoms with Gasteiger partial charge < -0.3 is 14.8 Å². The Labute approximate surface area is 198 Å². The number of nitrogens with one attached hydrogen (secondary N) is 3. The molecule has 3 rings (SSSR count). The molecule has 3 N–H and O–H groups in total. The molecule has 0 aliphatic rings. The smallest absolute Gasteiger partial charge is 0.269 e. The summed E-state index contributed by atoms with van der Waals surface area (Å²) < 4.78 is 10.9. The number of hydrogen-bond acceptors (Lipinski definition) is 5. The summed E-state index contributed by atoms with van der Waals surface area (Å²) in [6.45, 7) is 5.32. The van der Waals surface area contributed by atoms with Crippen molar-refractivity contribution in [1.29, 1.82) is 0 Å². The average molecular weight is 464 g/mol. The SMILES string of the molecule is COc1cc(C(=O)NNC(=O)[C@H](C)NC(=O)Cc2cccc3ccccc23)ccc1OC(C)C. The van der Waals surface area contributed by atoms with Crippen molar-refractivity contribution < 1.29 is 23.9 Å². The molecule has 178 valence electrons. The number of ether oxygens (including phenoxy) is 2. The Balaban J connectivity index is 1.54. The minimum atomic E-state index is -0.848. The van der Waals surface area contributed by atoms with Gasteiger partial charge in [0, 0.05) is 5.56 Å². The van der Waals surface area contributed by atoms with E-state index in [1.165, 1.54) is 13.2 Å². The Morgan fingerprint density at radius 2 is 1.62 bits per heavy atom. The fourth-order valence-electron chi connectivity index (χ4n) is 3.44. The number of hydrazine groups is 1. The predicted octanol–water partition coefficient (Wildman–Crippen LogP) is 3.14. The molecular weight excluding hydrogens is 434 g/mol. The molecule has 0 spiro atoms. The second-order valence-electron chi connectivity index (χ2n) is 8.08. The molecule has 1 atom stereocenters. The van der Waals surface area contributed by atoms with Gasteiger partial charge in [0.1, 0.15) is 6.04 Å². The van der Waals surface area contributed by atoms with E-state index < -0.39 is 17.9 Å². The lowest BCUT2D eigenvalue weighted by Gasteiger charge is -2.16. The van der Waals surface area contributed by atoms with Crippen LogP contribution in [0.1, 0.15) is 36.7 Å². The number of amides is 3. The Kier molecular flexibility index (Phi) is 8.08. The van der Waals surface area contributed by atoms with Gasteiger partial charge in [-0.25, -0.2) is 0 Å². The molecule has 0 radical (unpaired) electrons. The van der Waals surface area contributed by atoms with Crippen molar-refractivity contribution in [3.05, 3.63) is 71.8 Å². The van der Waals surface area contributed by atoms with Gasteiger partial charge in [-0.05, 0) is 55.3 Å². The third-order valence-electron chi connectivity index (χ3n) is 5.09. The molecule has 3 aromatic carbocycles. The standard InChI is InChI=1S/C26H29N3O5/c1-16(2)34-22-13-12-20(14-23(22)33-4)26(32)29-28-25(31)17(3)27-24(30)15-19-10-7-9-18-8-5-6-11-21(18)19/h5-14,16-17H,15H2,1-4H3,(H,27,30)(H,28,31)(H,29,32)/t17-/m0/s1. The van der Waals surface area contributed by atoms with E-state index in [4.69, 9.17) is 9.47 Å². The predicted molar refractivity (Wildman–Crippen MR) is 130 cm³/mol. The van der Waals surface area contributed by atoms with Crippen molar-refractivity contribution in [2.45, 2.75) is 39.3 Å². The second kappa shape index (κ2) is 11.2. The minimum Gasteiger partial charge on any atom is -0.493 e. The Morgan fingerprint density at radius 1 is 0.882 bits per heavy atom.